The first kappa shape index (κ1) is 12.5. The van der Waals surface area contributed by atoms with Gasteiger partial charge in [0.15, 0.2) is 9.84 Å². The van der Waals surface area contributed by atoms with Crippen molar-refractivity contribution in [1.29, 1.82) is 0 Å². The van der Waals surface area contributed by atoms with Gasteiger partial charge in [-0.15, -0.1) is 0 Å². The van der Waals surface area contributed by atoms with Crippen LogP contribution in [0.15, 0.2) is 29.2 Å². The number of carbonyl (C=O) groups is 1. The van der Waals surface area contributed by atoms with Crippen LogP contribution in [0.5, 0.6) is 0 Å². The molecule has 0 fully saturated rings. The summed E-state index contributed by atoms with van der Waals surface area (Å²) in [5.74, 6) is 0. The Morgan fingerprint density at radius 3 is 2.62 bits per heavy atom. The number of hydrogen-bond acceptors (Lipinski definition) is 3. The van der Waals surface area contributed by atoms with Gasteiger partial charge >= 0.3 is 6.03 Å². The molecule has 88 valence electrons. The summed E-state index contributed by atoms with van der Waals surface area (Å²) < 4.78 is 22.6. The molecule has 1 aromatic carbocycles. The van der Waals surface area contributed by atoms with Crippen LogP contribution in [-0.4, -0.2) is 27.8 Å². The highest BCUT2D eigenvalue weighted by Gasteiger charge is 2.07. The Morgan fingerprint density at radius 1 is 1.38 bits per heavy atom. The minimum absolute atomic E-state index is 0.253. The van der Waals surface area contributed by atoms with E-state index in [1.54, 1.807) is 18.2 Å². The van der Waals surface area contributed by atoms with E-state index in [0.717, 1.165) is 11.8 Å². The highest BCUT2D eigenvalue weighted by atomic mass is 32.2. The fraction of sp³-hybridized carbons (Fsp3) is 0.300. The van der Waals surface area contributed by atoms with E-state index in [1.807, 2.05) is 0 Å². The number of hydrogen-bond donors (Lipinski definition) is 2. The van der Waals surface area contributed by atoms with Gasteiger partial charge in [-0.3, -0.25) is 0 Å². The van der Waals surface area contributed by atoms with E-state index < -0.39 is 9.84 Å². The summed E-state index contributed by atoms with van der Waals surface area (Å²) in [6, 6.07) is 6.18. The molecule has 1 rings (SSSR count). The van der Waals surface area contributed by atoms with Crippen molar-refractivity contribution in [3.05, 3.63) is 29.8 Å². The van der Waals surface area contributed by atoms with Crippen LogP contribution < -0.4 is 10.6 Å². The Bertz CT molecular complexity index is 483. The molecule has 0 spiro atoms. The zero-order valence-electron chi connectivity index (χ0n) is 9.15. The predicted molar refractivity (Wildman–Crippen MR) is 60.8 cm³/mol. The quantitative estimate of drug-likeness (QED) is 0.811. The van der Waals surface area contributed by atoms with Crippen LogP contribution in [0.3, 0.4) is 0 Å². The van der Waals surface area contributed by atoms with Gasteiger partial charge in [-0.05, 0) is 17.7 Å². The van der Waals surface area contributed by atoms with E-state index in [1.165, 1.54) is 13.1 Å². The molecule has 1 aromatic rings. The molecule has 0 unspecified atom stereocenters. The molecule has 0 bridgehead atoms. The Labute approximate surface area is 94.8 Å². The summed E-state index contributed by atoms with van der Waals surface area (Å²) in [6.45, 7) is 0.295. The van der Waals surface area contributed by atoms with E-state index in [0.29, 0.717) is 6.54 Å². The number of benzene rings is 1. The lowest BCUT2D eigenvalue weighted by molar-refractivity contribution is 0.242. The van der Waals surface area contributed by atoms with Crippen LogP contribution in [-0.2, 0) is 16.4 Å². The van der Waals surface area contributed by atoms with Crippen molar-refractivity contribution in [1.82, 2.24) is 10.6 Å². The molecule has 0 saturated carbocycles. The van der Waals surface area contributed by atoms with Gasteiger partial charge in [0, 0.05) is 19.8 Å². The third-order valence-electron chi connectivity index (χ3n) is 2.01. The van der Waals surface area contributed by atoms with E-state index >= 15 is 0 Å². The molecular formula is C10H14N2O3S. The van der Waals surface area contributed by atoms with Gasteiger partial charge in [0.1, 0.15) is 0 Å². The number of carbonyl (C=O) groups excluding carboxylic acids is 1. The second-order valence-corrected chi connectivity index (χ2v) is 5.37. The summed E-state index contributed by atoms with van der Waals surface area (Å²) in [4.78, 5) is 11.2. The van der Waals surface area contributed by atoms with E-state index in [9.17, 15) is 13.2 Å². The lowest BCUT2D eigenvalue weighted by atomic mass is 10.2. The van der Waals surface area contributed by atoms with Crippen LogP contribution in [0.25, 0.3) is 0 Å². The molecule has 0 aliphatic heterocycles. The van der Waals surface area contributed by atoms with Crippen LogP contribution in [0.4, 0.5) is 4.79 Å². The number of amides is 2. The molecule has 6 heteroatoms. The molecule has 0 aromatic heterocycles. The number of nitrogens with one attached hydrogen (secondary N) is 2. The number of sulfone groups is 1. The van der Waals surface area contributed by atoms with Crippen molar-refractivity contribution < 1.29 is 13.2 Å². The van der Waals surface area contributed by atoms with E-state index in [-0.39, 0.29) is 10.9 Å². The first-order chi connectivity index (χ1) is 7.43. The zero-order valence-corrected chi connectivity index (χ0v) is 9.97. The Kier molecular flexibility index (Phi) is 3.89. The summed E-state index contributed by atoms with van der Waals surface area (Å²) in [5.41, 5.74) is 0.742. The van der Waals surface area contributed by atoms with Gasteiger partial charge in [0.05, 0.1) is 4.90 Å². The predicted octanol–water partition coefficient (Wildman–Crippen LogP) is 0.519. The van der Waals surface area contributed by atoms with Crippen molar-refractivity contribution in [3.8, 4) is 0 Å². The average Bonchev–Trinajstić information content (AvgIpc) is 2.25. The normalized spacial score (nSPS) is 10.9. The minimum atomic E-state index is -3.20. The first-order valence-corrected chi connectivity index (χ1v) is 6.57. The molecule has 2 amide bonds. The number of rotatable bonds is 3. The highest BCUT2D eigenvalue weighted by molar-refractivity contribution is 7.90. The third kappa shape index (κ3) is 3.54. The van der Waals surface area contributed by atoms with Crippen molar-refractivity contribution in [2.75, 3.05) is 13.3 Å². The molecule has 5 nitrogen and oxygen atoms in total. The van der Waals surface area contributed by atoms with Gasteiger partial charge in [0.2, 0.25) is 0 Å². The maximum Gasteiger partial charge on any atom is 0.314 e. The molecule has 0 aliphatic rings. The van der Waals surface area contributed by atoms with Gasteiger partial charge in [-0.1, -0.05) is 12.1 Å². The maximum absolute atomic E-state index is 11.3. The largest absolute Gasteiger partial charge is 0.341 e. The van der Waals surface area contributed by atoms with Crippen LogP contribution in [0, 0.1) is 0 Å². The van der Waals surface area contributed by atoms with Crippen LogP contribution in [0.1, 0.15) is 5.56 Å². The first-order valence-electron chi connectivity index (χ1n) is 4.68. The SMILES string of the molecule is CNC(=O)NCc1cccc(S(C)(=O)=O)c1. The Balaban J connectivity index is 2.80. The van der Waals surface area contributed by atoms with Gasteiger partial charge in [0.25, 0.3) is 0 Å². The van der Waals surface area contributed by atoms with Crippen molar-refractivity contribution in [2.45, 2.75) is 11.4 Å². The molecule has 0 saturated heterocycles. The lowest BCUT2D eigenvalue weighted by Crippen LogP contribution is -2.32. The van der Waals surface area contributed by atoms with Crippen LogP contribution in [0.2, 0.25) is 0 Å². The van der Waals surface area contributed by atoms with Gasteiger partial charge in [-0.2, -0.15) is 0 Å². The Hall–Kier alpha value is -1.56. The van der Waals surface area contributed by atoms with E-state index in [2.05, 4.69) is 10.6 Å². The third-order valence-corrected chi connectivity index (χ3v) is 3.12. The molecule has 0 heterocycles. The standard InChI is InChI=1S/C10H14N2O3S/c1-11-10(13)12-7-8-4-3-5-9(6-8)16(2,14)15/h3-6H,7H2,1-2H3,(H2,11,12,13). The van der Waals surface area contributed by atoms with Gasteiger partial charge < -0.3 is 10.6 Å². The van der Waals surface area contributed by atoms with E-state index in [4.69, 9.17) is 0 Å². The molecular weight excluding hydrogens is 228 g/mol. The molecule has 2 N–H and O–H groups in total. The zero-order chi connectivity index (χ0) is 12.2. The van der Waals surface area contributed by atoms with Crippen molar-refractivity contribution in [3.63, 3.8) is 0 Å². The topological polar surface area (TPSA) is 75.3 Å². The minimum Gasteiger partial charge on any atom is -0.341 e. The average molecular weight is 242 g/mol. The fourth-order valence-corrected chi connectivity index (χ4v) is 1.85. The lowest BCUT2D eigenvalue weighted by Gasteiger charge is -2.05. The summed E-state index contributed by atoms with van der Waals surface area (Å²) >= 11 is 0. The Morgan fingerprint density at radius 2 is 2.06 bits per heavy atom. The second kappa shape index (κ2) is 4.98. The molecule has 16 heavy (non-hydrogen) atoms. The molecule has 0 atom stereocenters. The molecule has 0 radical (unpaired) electrons. The smallest absolute Gasteiger partial charge is 0.314 e. The summed E-state index contributed by atoms with van der Waals surface area (Å²) in [5, 5.41) is 4.99. The highest BCUT2D eigenvalue weighted by Crippen LogP contribution is 2.10. The van der Waals surface area contributed by atoms with Crippen molar-refractivity contribution >= 4 is 15.9 Å². The molecule has 0 aliphatic carbocycles. The fourth-order valence-electron chi connectivity index (χ4n) is 1.16. The number of urea groups is 1. The van der Waals surface area contributed by atoms with Gasteiger partial charge in [-0.25, -0.2) is 13.2 Å². The maximum atomic E-state index is 11.3. The summed E-state index contributed by atoms with van der Waals surface area (Å²) in [7, 11) is -1.68. The summed E-state index contributed by atoms with van der Waals surface area (Å²) in [6.07, 6.45) is 1.15. The van der Waals surface area contributed by atoms with Crippen molar-refractivity contribution in [2.24, 2.45) is 0 Å². The monoisotopic (exact) mass is 242 g/mol. The van der Waals surface area contributed by atoms with Crippen LogP contribution >= 0.6 is 0 Å². The second-order valence-electron chi connectivity index (χ2n) is 3.35.